The molecule has 112 valence electrons. The fraction of sp³-hybridized carbons (Fsp3) is 0.500. The summed E-state index contributed by atoms with van der Waals surface area (Å²) < 4.78 is 7.68. The van der Waals surface area contributed by atoms with Crippen molar-refractivity contribution in [3.63, 3.8) is 0 Å². The van der Waals surface area contributed by atoms with E-state index in [2.05, 4.69) is 4.98 Å². The van der Waals surface area contributed by atoms with E-state index in [1.165, 1.54) is 32.1 Å². The first kappa shape index (κ1) is 14.4. The van der Waals surface area contributed by atoms with Crippen molar-refractivity contribution in [1.29, 1.82) is 0 Å². The molecule has 4 nitrogen and oxygen atoms in total. The third-order valence-corrected chi connectivity index (χ3v) is 4.35. The molecule has 0 spiro atoms. The summed E-state index contributed by atoms with van der Waals surface area (Å²) >= 11 is 5.64. The molecule has 0 N–H and O–H groups in total. The third kappa shape index (κ3) is 2.91. The van der Waals surface area contributed by atoms with Gasteiger partial charge in [-0.2, -0.15) is 0 Å². The Hall–Kier alpha value is -1.55. The van der Waals surface area contributed by atoms with E-state index in [1.807, 2.05) is 12.1 Å². The normalized spacial score (nSPS) is 16.3. The second-order valence-corrected chi connectivity index (χ2v) is 6.04. The van der Waals surface area contributed by atoms with Crippen LogP contribution in [-0.2, 0) is 0 Å². The fourth-order valence-corrected chi connectivity index (χ4v) is 3.29. The standard InChI is InChI=1S/C16H19ClN2O2/c1-11-14(15(17)20)19-9-5-8-13(16(19)18-11)21-10-12-6-3-2-4-7-12/h5,8-9,12H,2-4,6-7,10H2,1H3. The number of rotatable bonds is 4. The maximum atomic E-state index is 11.5. The summed E-state index contributed by atoms with van der Waals surface area (Å²) in [6.45, 7) is 2.50. The average molecular weight is 307 g/mol. The highest BCUT2D eigenvalue weighted by molar-refractivity contribution is 6.67. The Morgan fingerprint density at radius 3 is 2.90 bits per heavy atom. The lowest BCUT2D eigenvalue weighted by Gasteiger charge is -2.21. The van der Waals surface area contributed by atoms with Crippen LogP contribution >= 0.6 is 11.6 Å². The molecule has 0 bridgehead atoms. The van der Waals surface area contributed by atoms with Crippen molar-refractivity contribution in [2.45, 2.75) is 39.0 Å². The highest BCUT2D eigenvalue weighted by atomic mass is 35.5. The van der Waals surface area contributed by atoms with Crippen molar-refractivity contribution in [3.05, 3.63) is 29.7 Å². The van der Waals surface area contributed by atoms with E-state index in [0.717, 1.165) is 12.4 Å². The van der Waals surface area contributed by atoms with Crippen LogP contribution in [-0.4, -0.2) is 21.2 Å². The molecule has 1 aliphatic rings. The van der Waals surface area contributed by atoms with Gasteiger partial charge in [-0.1, -0.05) is 19.3 Å². The second-order valence-electron chi connectivity index (χ2n) is 5.70. The van der Waals surface area contributed by atoms with Gasteiger partial charge in [-0.15, -0.1) is 0 Å². The topological polar surface area (TPSA) is 43.6 Å². The number of hydrogen-bond donors (Lipinski definition) is 0. The van der Waals surface area contributed by atoms with E-state index >= 15 is 0 Å². The molecule has 2 aromatic rings. The van der Waals surface area contributed by atoms with Gasteiger partial charge in [-0.3, -0.25) is 9.20 Å². The van der Waals surface area contributed by atoms with Crippen molar-refractivity contribution in [3.8, 4) is 5.75 Å². The van der Waals surface area contributed by atoms with Crippen LogP contribution in [0, 0.1) is 12.8 Å². The average Bonchev–Trinajstić information content (AvgIpc) is 2.82. The number of carbonyl (C=O) groups is 1. The van der Waals surface area contributed by atoms with Gasteiger partial charge in [0.1, 0.15) is 5.69 Å². The summed E-state index contributed by atoms with van der Waals surface area (Å²) in [5, 5.41) is -0.496. The van der Waals surface area contributed by atoms with Crippen molar-refractivity contribution in [1.82, 2.24) is 9.38 Å². The summed E-state index contributed by atoms with van der Waals surface area (Å²) in [5.41, 5.74) is 1.70. The number of carbonyl (C=O) groups excluding carboxylic acids is 1. The van der Waals surface area contributed by atoms with Gasteiger partial charge in [-0.05, 0) is 49.4 Å². The van der Waals surface area contributed by atoms with Crippen LogP contribution in [0.5, 0.6) is 5.75 Å². The highest BCUT2D eigenvalue weighted by Crippen LogP contribution is 2.27. The molecule has 0 amide bonds. The van der Waals surface area contributed by atoms with Gasteiger partial charge >= 0.3 is 0 Å². The van der Waals surface area contributed by atoms with Crippen LogP contribution in [0.15, 0.2) is 18.3 Å². The minimum absolute atomic E-state index is 0.412. The Bertz CT molecular complexity index is 660. The van der Waals surface area contributed by atoms with E-state index < -0.39 is 5.24 Å². The Labute approximate surface area is 129 Å². The summed E-state index contributed by atoms with van der Waals surface area (Å²) in [4.78, 5) is 16.0. The lowest BCUT2D eigenvalue weighted by atomic mass is 9.90. The first-order valence-electron chi connectivity index (χ1n) is 7.47. The molecule has 0 saturated heterocycles. The van der Waals surface area contributed by atoms with Crippen molar-refractivity contribution in [2.24, 2.45) is 5.92 Å². The first-order chi connectivity index (χ1) is 10.2. The molecule has 0 aliphatic heterocycles. The Morgan fingerprint density at radius 2 is 2.19 bits per heavy atom. The molecule has 2 aromatic heterocycles. The summed E-state index contributed by atoms with van der Waals surface area (Å²) in [5.74, 6) is 1.35. The lowest BCUT2D eigenvalue weighted by Crippen LogP contribution is -2.15. The van der Waals surface area contributed by atoms with Crippen molar-refractivity contribution in [2.75, 3.05) is 6.61 Å². The van der Waals surface area contributed by atoms with Crippen LogP contribution in [0.4, 0.5) is 0 Å². The van der Waals surface area contributed by atoms with E-state index in [4.69, 9.17) is 16.3 Å². The minimum atomic E-state index is -0.496. The van der Waals surface area contributed by atoms with Gasteiger partial charge in [0.25, 0.3) is 5.24 Å². The van der Waals surface area contributed by atoms with E-state index in [1.54, 1.807) is 17.5 Å². The van der Waals surface area contributed by atoms with Gasteiger partial charge in [0, 0.05) is 6.20 Å². The SMILES string of the molecule is Cc1nc2c(OCC3CCCCC3)cccn2c1C(=O)Cl. The zero-order chi connectivity index (χ0) is 14.8. The van der Waals surface area contributed by atoms with Gasteiger partial charge in [0.05, 0.1) is 12.3 Å². The monoisotopic (exact) mass is 306 g/mol. The van der Waals surface area contributed by atoms with E-state index in [-0.39, 0.29) is 0 Å². The molecule has 0 aromatic carbocycles. The van der Waals surface area contributed by atoms with Crippen molar-refractivity contribution < 1.29 is 9.53 Å². The van der Waals surface area contributed by atoms with Gasteiger partial charge in [0.15, 0.2) is 11.4 Å². The van der Waals surface area contributed by atoms with Crippen molar-refractivity contribution >= 4 is 22.5 Å². The van der Waals surface area contributed by atoms with E-state index in [9.17, 15) is 4.79 Å². The smallest absolute Gasteiger partial charge is 0.271 e. The zero-order valence-electron chi connectivity index (χ0n) is 12.1. The Kier molecular flexibility index (Phi) is 4.15. The number of fused-ring (bicyclic) bond motifs is 1. The van der Waals surface area contributed by atoms with Crippen LogP contribution in [0.1, 0.15) is 48.3 Å². The quantitative estimate of drug-likeness (QED) is 0.802. The Balaban J connectivity index is 1.85. The zero-order valence-corrected chi connectivity index (χ0v) is 12.9. The predicted octanol–water partition coefficient (Wildman–Crippen LogP) is 3.98. The number of nitrogens with zero attached hydrogens (tertiary/aromatic N) is 2. The van der Waals surface area contributed by atoms with Crippen LogP contribution in [0.25, 0.3) is 5.65 Å². The molecule has 0 radical (unpaired) electrons. The number of pyridine rings is 1. The van der Waals surface area contributed by atoms with Crippen LogP contribution in [0.2, 0.25) is 0 Å². The number of aromatic nitrogens is 2. The molecule has 1 aliphatic carbocycles. The number of aryl methyl sites for hydroxylation is 1. The predicted molar refractivity (Wildman–Crippen MR) is 82.2 cm³/mol. The molecule has 2 heterocycles. The summed E-state index contributed by atoms with van der Waals surface area (Å²) in [6.07, 6.45) is 8.20. The number of halogens is 1. The number of imidazole rings is 1. The first-order valence-corrected chi connectivity index (χ1v) is 7.85. The second kappa shape index (κ2) is 6.06. The number of ether oxygens (including phenoxy) is 1. The molecule has 1 saturated carbocycles. The maximum Gasteiger partial charge on any atom is 0.271 e. The molecule has 3 rings (SSSR count). The Morgan fingerprint density at radius 1 is 1.43 bits per heavy atom. The minimum Gasteiger partial charge on any atom is -0.489 e. The third-order valence-electron chi connectivity index (χ3n) is 4.17. The largest absolute Gasteiger partial charge is 0.489 e. The summed E-state index contributed by atoms with van der Waals surface area (Å²) in [7, 11) is 0. The molecule has 0 unspecified atom stereocenters. The summed E-state index contributed by atoms with van der Waals surface area (Å²) in [6, 6.07) is 3.75. The molecule has 5 heteroatoms. The molecule has 0 atom stereocenters. The molecular weight excluding hydrogens is 288 g/mol. The van der Waals surface area contributed by atoms with Crippen LogP contribution < -0.4 is 4.74 Å². The molecular formula is C16H19ClN2O2. The lowest BCUT2D eigenvalue weighted by molar-refractivity contribution is 0.107. The highest BCUT2D eigenvalue weighted by Gasteiger charge is 2.18. The van der Waals surface area contributed by atoms with Crippen LogP contribution in [0.3, 0.4) is 0 Å². The fourth-order valence-electron chi connectivity index (χ4n) is 3.07. The van der Waals surface area contributed by atoms with Gasteiger partial charge < -0.3 is 4.74 Å². The molecule has 21 heavy (non-hydrogen) atoms. The van der Waals surface area contributed by atoms with Gasteiger partial charge in [0.2, 0.25) is 0 Å². The molecule has 1 fully saturated rings. The van der Waals surface area contributed by atoms with Gasteiger partial charge in [-0.25, -0.2) is 4.98 Å². The maximum absolute atomic E-state index is 11.5. The number of hydrogen-bond acceptors (Lipinski definition) is 3. The van der Waals surface area contributed by atoms with E-state index in [0.29, 0.717) is 23.0 Å².